The lowest BCUT2D eigenvalue weighted by Crippen LogP contribution is -2.00. The van der Waals surface area contributed by atoms with Crippen LogP contribution in [0.15, 0.2) is 23.2 Å². The molecule has 0 amide bonds. The Hall–Kier alpha value is -0.280. The highest BCUT2D eigenvalue weighted by atomic mass is 79.9. The van der Waals surface area contributed by atoms with E-state index < -0.39 is 0 Å². The number of hydrogen-bond donors (Lipinski definition) is 0. The monoisotopic (exact) mass is 332 g/mol. The van der Waals surface area contributed by atoms with Crippen LogP contribution >= 0.6 is 31.9 Å². The fourth-order valence-electron chi connectivity index (χ4n) is 1.41. The molecule has 3 heteroatoms. The molecule has 0 aliphatic rings. The molecule has 82 valence electrons. The summed E-state index contributed by atoms with van der Waals surface area (Å²) in [5, 5.41) is 0.809. The number of alkyl halides is 1. The number of rotatable bonds is 4. The maximum atomic E-state index is 5.67. The van der Waals surface area contributed by atoms with Gasteiger partial charge in [-0.25, -0.2) is 0 Å². The minimum Gasteiger partial charge on any atom is -0.488 e. The van der Waals surface area contributed by atoms with E-state index in [1.807, 2.05) is 0 Å². The second-order valence-electron chi connectivity index (χ2n) is 3.50. The van der Waals surface area contributed by atoms with Crippen LogP contribution in [0.5, 0.6) is 5.75 Å². The van der Waals surface area contributed by atoms with E-state index in [0.717, 1.165) is 15.6 Å². The molecule has 0 bridgehead atoms. The molecule has 0 aliphatic carbocycles. The fourth-order valence-corrected chi connectivity index (χ4v) is 2.25. The summed E-state index contributed by atoms with van der Waals surface area (Å²) in [7, 11) is 0. The highest BCUT2D eigenvalue weighted by Crippen LogP contribution is 2.27. The highest BCUT2D eigenvalue weighted by molar-refractivity contribution is 9.11. The van der Waals surface area contributed by atoms with Gasteiger partial charge in [-0.3, -0.25) is 0 Å². The van der Waals surface area contributed by atoms with Gasteiger partial charge in [0.05, 0.1) is 0 Å². The Morgan fingerprint density at radius 2 is 2.07 bits per heavy atom. The summed E-state index contributed by atoms with van der Waals surface area (Å²) in [6, 6.07) is 4.21. The second-order valence-corrected chi connectivity index (χ2v) is 5.18. The Kier molecular flexibility index (Phi) is 4.87. The highest BCUT2D eigenvalue weighted by Gasteiger charge is 2.07. The molecular formula is C12H14Br2O. The fraction of sp³-hybridized carbons (Fsp3) is 0.333. The van der Waals surface area contributed by atoms with E-state index in [1.165, 1.54) is 16.7 Å². The Labute approximate surface area is 108 Å². The van der Waals surface area contributed by atoms with Crippen LogP contribution in [-0.2, 0) is 5.33 Å². The van der Waals surface area contributed by atoms with Gasteiger partial charge in [0.25, 0.3) is 0 Å². The molecule has 1 aromatic carbocycles. The first-order valence-electron chi connectivity index (χ1n) is 4.66. The van der Waals surface area contributed by atoms with Crippen LogP contribution in [0, 0.1) is 13.8 Å². The van der Waals surface area contributed by atoms with Crippen molar-refractivity contribution in [2.75, 3.05) is 6.61 Å². The molecule has 1 nitrogen and oxygen atoms in total. The van der Waals surface area contributed by atoms with E-state index in [0.29, 0.717) is 6.61 Å². The molecule has 1 aromatic rings. The number of ether oxygens (including phenoxy) is 1. The van der Waals surface area contributed by atoms with Crippen molar-refractivity contribution in [2.45, 2.75) is 19.2 Å². The van der Waals surface area contributed by atoms with E-state index in [1.54, 1.807) is 0 Å². The third-order valence-corrected chi connectivity index (χ3v) is 2.88. The van der Waals surface area contributed by atoms with Crippen molar-refractivity contribution < 1.29 is 4.74 Å². The second kappa shape index (κ2) is 5.71. The van der Waals surface area contributed by atoms with E-state index in [-0.39, 0.29) is 0 Å². The molecule has 0 aromatic heterocycles. The van der Waals surface area contributed by atoms with Crippen LogP contribution < -0.4 is 4.74 Å². The zero-order valence-corrected chi connectivity index (χ0v) is 12.1. The Balaban J connectivity index is 2.98. The van der Waals surface area contributed by atoms with E-state index >= 15 is 0 Å². The van der Waals surface area contributed by atoms with Crippen LogP contribution in [0.4, 0.5) is 0 Å². The van der Waals surface area contributed by atoms with Gasteiger partial charge >= 0.3 is 0 Å². The molecule has 0 saturated heterocycles. The van der Waals surface area contributed by atoms with Gasteiger partial charge < -0.3 is 4.74 Å². The molecule has 0 unspecified atom stereocenters. The molecule has 0 N–H and O–H groups in total. The lowest BCUT2D eigenvalue weighted by Gasteiger charge is -2.13. The third-order valence-electron chi connectivity index (χ3n) is 2.09. The summed E-state index contributed by atoms with van der Waals surface area (Å²) >= 11 is 6.76. The zero-order chi connectivity index (χ0) is 11.4. The summed E-state index contributed by atoms with van der Waals surface area (Å²) in [6.45, 7) is 8.42. The van der Waals surface area contributed by atoms with Crippen LogP contribution in [0.25, 0.3) is 0 Å². The number of hydrogen-bond acceptors (Lipinski definition) is 1. The molecule has 0 atom stereocenters. The first kappa shape index (κ1) is 12.8. The van der Waals surface area contributed by atoms with Gasteiger partial charge in [0.15, 0.2) is 0 Å². The van der Waals surface area contributed by atoms with E-state index in [2.05, 4.69) is 64.4 Å². The number of aryl methyl sites for hydroxylation is 2. The summed E-state index contributed by atoms with van der Waals surface area (Å²) < 4.78 is 6.52. The average molecular weight is 334 g/mol. The SMILES string of the molecule is C=C(Br)COc1cc(C)cc(C)c1CBr. The average Bonchev–Trinajstić information content (AvgIpc) is 2.13. The van der Waals surface area contributed by atoms with Crippen molar-refractivity contribution in [3.05, 3.63) is 39.9 Å². The maximum absolute atomic E-state index is 5.67. The van der Waals surface area contributed by atoms with Crippen LogP contribution in [0.3, 0.4) is 0 Å². The van der Waals surface area contributed by atoms with Gasteiger partial charge in [-0.2, -0.15) is 0 Å². The zero-order valence-electron chi connectivity index (χ0n) is 8.94. The largest absolute Gasteiger partial charge is 0.488 e. The van der Waals surface area contributed by atoms with Gasteiger partial charge in [0, 0.05) is 15.4 Å². The minimum atomic E-state index is 0.503. The topological polar surface area (TPSA) is 9.23 Å². The Morgan fingerprint density at radius 1 is 1.40 bits per heavy atom. The molecule has 0 saturated carbocycles. The standard InChI is InChI=1S/C12H14Br2O/c1-8-4-9(2)11(6-13)12(5-8)15-7-10(3)14/h4-5H,3,6-7H2,1-2H3. The van der Waals surface area contributed by atoms with Crippen molar-refractivity contribution in [3.8, 4) is 5.75 Å². The van der Waals surface area contributed by atoms with Crippen molar-refractivity contribution in [2.24, 2.45) is 0 Å². The van der Waals surface area contributed by atoms with Gasteiger partial charge in [-0.1, -0.05) is 44.5 Å². The molecule has 0 fully saturated rings. The maximum Gasteiger partial charge on any atom is 0.124 e. The van der Waals surface area contributed by atoms with Crippen LogP contribution in [-0.4, -0.2) is 6.61 Å². The lowest BCUT2D eigenvalue weighted by molar-refractivity contribution is 0.357. The Bertz CT molecular complexity index is 372. The predicted octanol–water partition coefficient (Wildman–Crippen LogP) is 4.49. The van der Waals surface area contributed by atoms with Crippen LogP contribution in [0.1, 0.15) is 16.7 Å². The van der Waals surface area contributed by atoms with Crippen molar-refractivity contribution in [1.82, 2.24) is 0 Å². The lowest BCUT2D eigenvalue weighted by atomic mass is 10.1. The van der Waals surface area contributed by atoms with E-state index in [4.69, 9.17) is 4.74 Å². The molecule has 0 heterocycles. The van der Waals surface area contributed by atoms with Crippen LogP contribution in [0.2, 0.25) is 0 Å². The minimum absolute atomic E-state index is 0.503. The van der Waals surface area contributed by atoms with Gasteiger partial charge in [0.2, 0.25) is 0 Å². The summed E-state index contributed by atoms with van der Waals surface area (Å²) in [5.41, 5.74) is 3.67. The molecule has 1 rings (SSSR count). The molecule has 0 radical (unpaired) electrons. The smallest absolute Gasteiger partial charge is 0.124 e. The van der Waals surface area contributed by atoms with E-state index in [9.17, 15) is 0 Å². The molecule has 0 aliphatic heterocycles. The third kappa shape index (κ3) is 3.65. The first-order chi connectivity index (χ1) is 7.04. The van der Waals surface area contributed by atoms with Gasteiger partial charge in [-0.05, 0) is 31.0 Å². The molecular weight excluding hydrogens is 320 g/mol. The Morgan fingerprint density at radius 3 is 2.60 bits per heavy atom. The summed E-state index contributed by atoms with van der Waals surface area (Å²) in [4.78, 5) is 0. The molecule has 15 heavy (non-hydrogen) atoms. The number of benzene rings is 1. The first-order valence-corrected chi connectivity index (χ1v) is 6.58. The predicted molar refractivity (Wildman–Crippen MR) is 72.1 cm³/mol. The van der Waals surface area contributed by atoms with Crippen molar-refractivity contribution in [1.29, 1.82) is 0 Å². The molecule has 0 spiro atoms. The van der Waals surface area contributed by atoms with Gasteiger partial charge in [-0.15, -0.1) is 0 Å². The number of halogens is 2. The normalized spacial score (nSPS) is 10.1. The summed E-state index contributed by atoms with van der Waals surface area (Å²) in [6.07, 6.45) is 0. The quantitative estimate of drug-likeness (QED) is 0.738. The van der Waals surface area contributed by atoms with Crippen molar-refractivity contribution in [3.63, 3.8) is 0 Å². The van der Waals surface area contributed by atoms with Gasteiger partial charge in [0.1, 0.15) is 12.4 Å². The van der Waals surface area contributed by atoms with Crippen molar-refractivity contribution >= 4 is 31.9 Å². The summed E-state index contributed by atoms with van der Waals surface area (Å²) in [5.74, 6) is 0.935.